The first-order valence-corrected chi connectivity index (χ1v) is 6.74. The third-order valence-corrected chi connectivity index (χ3v) is 3.16. The number of benzene rings is 1. The Labute approximate surface area is 131 Å². The van der Waals surface area contributed by atoms with Crippen LogP contribution < -0.4 is 10.1 Å². The van der Waals surface area contributed by atoms with Gasteiger partial charge in [-0.2, -0.15) is 0 Å². The molecular weight excluding hydrogens is 321 g/mol. The second-order valence-electron chi connectivity index (χ2n) is 4.63. The van der Waals surface area contributed by atoms with Gasteiger partial charge in [0.15, 0.2) is 11.7 Å². The SMILES string of the molecule is CC(Oc1ccc(Cl)cc1Cl)C(=O)NCC(C)(O)C(=O)O. The maximum atomic E-state index is 11.8. The van der Waals surface area contributed by atoms with Crippen LogP contribution in [0.15, 0.2) is 18.2 Å². The number of nitrogens with one attached hydrogen (secondary N) is 1. The van der Waals surface area contributed by atoms with E-state index in [1.165, 1.54) is 19.1 Å². The van der Waals surface area contributed by atoms with Gasteiger partial charge in [-0.05, 0) is 32.0 Å². The maximum absolute atomic E-state index is 11.8. The molecule has 0 saturated heterocycles. The average Bonchev–Trinajstić information content (AvgIpc) is 2.39. The molecule has 116 valence electrons. The van der Waals surface area contributed by atoms with Crippen molar-refractivity contribution < 1.29 is 24.5 Å². The predicted octanol–water partition coefficient (Wildman–Crippen LogP) is 1.71. The molecule has 2 atom stereocenters. The van der Waals surface area contributed by atoms with Crippen molar-refractivity contribution in [3.05, 3.63) is 28.2 Å². The van der Waals surface area contributed by atoms with Gasteiger partial charge < -0.3 is 20.3 Å². The number of aliphatic carboxylic acids is 1. The van der Waals surface area contributed by atoms with Gasteiger partial charge in [-0.1, -0.05) is 23.2 Å². The maximum Gasteiger partial charge on any atom is 0.337 e. The number of ether oxygens (including phenoxy) is 1. The van der Waals surface area contributed by atoms with Gasteiger partial charge >= 0.3 is 5.97 Å². The highest BCUT2D eigenvalue weighted by molar-refractivity contribution is 6.35. The molecule has 0 heterocycles. The van der Waals surface area contributed by atoms with E-state index in [0.717, 1.165) is 6.92 Å². The van der Waals surface area contributed by atoms with E-state index in [4.69, 9.17) is 33.0 Å². The minimum absolute atomic E-state index is 0.250. The number of halogens is 2. The van der Waals surface area contributed by atoms with Crippen LogP contribution >= 0.6 is 23.2 Å². The number of hydrogen-bond acceptors (Lipinski definition) is 4. The van der Waals surface area contributed by atoms with Crippen molar-refractivity contribution in [2.24, 2.45) is 0 Å². The second-order valence-corrected chi connectivity index (χ2v) is 5.48. The number of rotatable bonds is 6. The fourth-order valence-electron chi connectivity index (χ4n) is 1.29. The van der Waals surface area contributed by atoms with Crippen molar-refractivity contribution in [3.8, 4) is 5.75 Å². The van der Waals surface area contributed by atoms with Crippen LogP contribution in [0.3, 0.4) is 0 Å². The molecule has 0 aliphatic rings. The molecule has 3 N–H and O–H groups in total. The zero-order valence-electron chi connectivity index (χ0n) is 11.4. The Hall–Kier alpha value is -1.50. The Kier molecular flexibility index (Phi) is 5.83. The summed E-state index contributed by atoms with van der Waals surface area (Å²) in [7, 11) is 0. The quantitative estimate of drug-likeness (QED) is 0.735. The van der Waals surface area contributed by atoms with Crippen LogP contribution in [0.1, 0.15) is 13.8 Å². The van der Waals surface area contributed by atoms with E-state index in [2.05, 4.69) is 5.32 Å². The van der Waals surface area contributed by atoms with Crippen LogP contribution in [0, 0.1) is 0 Å². The van der Waals surface area contributed by atoms with Crippen molar-refractivity contribution in [1.29, 1.82) is 0 Å². The molecule has 1 rings (SSSR count). The number of hydrogen-bond donors (Lipinski definition) is 3. The van der Waals surface area contributed by atoms with Crippen molar-refractivity contribution in [2.75, 3.05) is 6.54 Å². The molecule has 21 heavy (non-hydrogen) atoms. The first-order valence-electron chi connectivity index (χ1n) is 5.98. The van der Waals surface area contributed by atoms with Gasteiger partial charge in [0.2, 0.25) is 0 Å². The van der Waals surface area contributed by atoms with Crippen molar-refractivity contribution in [3.63, 3.8) is 0 Å². The molecule has 0 aliphatic heterocycles. The molecule has 1 aromatic rings. The van der Waals surface area contributed by atoms with Crippen LogP contribution in [0.2, 0.25) is 10.0 Å². The summed E-state index contributed by atoms with van der Waals surface area (Å²) < 4.78 is 5.36. The zero-order valence-corrected chi connectivity index (χ0v) is 12.9. The van der Waals surface area contributed by atoms with Crippen LogP contribution in [0.25, 0.3) is 0 Å². The van der Waals surface area contributed by atoms with Gasteiger partial charge in [-0.3, -0.25) is 4.79 Å². The summed E-state index contributed by atoms with van der Waals surface area (Å²) >= 11 is 11.7. The summed E-state index contributed by atoms with van der Waals surface area (Å²) in [5, 5.41) is 21.2. The first kappa shape index (κ1) is 17.6. The third-order valence-electron chi connectivity index (χ3n) is 2.63. The summed E-state index contributed by atoms with van der Waals surface area (Å²) in [6.07, 6.45) is -0.923. The molecule has 8 heteroatoms. The Balaban J connectivity index is 2.61. The normalized spacial score (nSPS) is 14.9. The fourth-order valence-corrected chi connectivity index (χ4v) is 1.75. The predicted molar refractivity (Wildman–Crippen MR) is 77.8 cm³/mol. The molecule has 0 aromatic heterocycles. The van der Waals surface area contributed by atoms with Gasteiger partial charge in [-0.25, -0.2) is 4.79 Å². The van der Waals surface area contributed by atoms with Crippen LogP contribution in [0.5, 0.6) is 5.75 Å². The number of carbonyl (C=O) groups excluding carboxylic acids is 1. The Morgan fingerprint density at radius 2 is 2.05 bits per heavy atom. The largest absolute Gasteiger partial charge is 0.479 e. The average molecular weight is 336 g/mol. The lowest BCUT2D eigenvalue weighted by Crippen LogP contribution is -2.49. The van der Waals surface area contributed by atoms with E-state index < -0.39 is 30.1 Å². The van der Waals surface area contributed by atoms with E-state index >= 15 is 0 Å². The van der Waals surface area contributed by atoms with E-state index in [9.17, 15) is 14.7 Å². The topological polar surface area (TPSA) is 95.9 Å². The summed E-state index contributed by atoms with van der Waals surface area (Å²) in [6, 6.07) is 4.54. The lowest BCUT2D eigenvalue weighted by atomic mass is 10.1. The van der Waals surface area contributed by atoms with Gasteiger partial charge in [0.25, 0.3) is 5.91 Å². The summed E-state index contributed by atoms with van der Waals surface area (Å²) in [4.78, 5) is 22.5. The van der Waals surface area contributed by atoms with Gasteiger partial charge in [0.05, 0.1) is 11.6 Å². The van der Waals surface area contributed by atoms with Crippen molar-refractivity contribution in [2.45, 2.75) is 25.6 Å². The van der Waals surface area contributed by atoms with Crippen LogP contribution in [-0.4, -0.2) is 40.3 Å². The number of carbonyl (C=O) groups is 2. The molecule has 0 aliphatic carbocycles. The number of amides is 1. The van der Waals surface area contributed by atoms with Crippen molar-refractivity contribution in [1.82, 2.24) is 5.32 Å². The van der Waals surface area contributed by atoms with Gasteiger partial charge in [0.1, 0.15) is 5.75 Å². The standard InChI is InChI=1S/C13H15Cl2NO5/c1-7(11(17)16-6-13(2,20)12(18)19)21-10-4-3-8(14)5-9(10)15/h3-5,7,20H,6H2,1-2H3,(H,16,17)(H,18,19). The van der Waals surface area contributed by atoms with E-state index in [-0.39, 0.29) is 10.8 Å². The molecule has 1 aromatic carbocycles. The highest BCUT2D eigenvalue weighted by Gasteiger charge is 2.31. The molecule has 0 bridgehead atoms. The Bertz CT molecular complexity index is 547. The van der Waals surface area contributed by atoms with Crippen LogP contribution in [-0.2, 0) is 9.59 Å². The smallest absolute Gasteiger partial charge is 0.337 e. The third kappa shape index (κ3) is 5.08. The van der Waals surface area contributed by atoms with Crippen molar-refractivity contribution >= 4 is 35.1 Å². The van der Waals surface area contributed by atoms with E-state index in [0.29, 0.717) is 5.02 Å². The molecule has 0 radical (unpaired) electrons. The summed E-state index contributed by atoms with van der Waals surface area (Å²) in [5.74, 6) is -1.74. The monoisotopic (exact) mass is 335 g/mol. The second kappa shape index (κ2) is 6.98. The summed E-state index contributed by atoms with van der Waals surface area (Å²) in [6.45, 7) is 2.11. The zero-order chi connectivity index (χ0) is 16.2. The molecule has 0 fully saturated rings. The highest BCUT2D eigenvalue weighted by Crippen LogP contribution is 2.28. The Morgan fingerprint density at radius 1 is 1.43 bits per heavy atom. The van der Waals surface area contributed by atoms with E-state index in [1.807, 2.05) is 0 Å². The molecule has 1 amide bonds. The fraction of sp³-hybridized carbons (Fsp3) is 0.385. The summed E-state index contributed by atoms with van der Waals surface area (Å²) in [5.41, 5.74) is -2.05. The van der Waals surface area contributed by atoms with Crippen LogP contribution in [0.4, 0.5) is 0 Å². The number of carboxylic acid groups (broad SMARTS) is 1. The first-order chi connectivity index (χ1) is 9.63. The molecule has 2 unspecified atom stereocenters. The number of aliphatic hydroxyl groups is 1. The lowest BCUT2D eigenvalue weighted by Gasteiger charge is -2.20. The molecule has 0 spiro atoms. The van der Waals surface area contributed by atoms with Gasteiger partial charge in [-0.15, -0.1) is 0 Å². The minimum Gasteiger partial charge on any atom is -0.479 e. The van der Waals surface area contributed by atoms with E-state index in [1.54, 1.807) is 6.07 Å². The Morgan fingerprint density at radius 3 is 2.57 bits per heavy atom. The highest BCUT2D eigenvalue weighted by atomic mass is 35.5. The molecule has 0 saturated carbocycles. The van der Waals surface area contributed by atoms with Gasteiger partial charge in [0, 0.05) is 5.02 Å². The minimum atomic E-state index is -2.05. The molecule has 6 nitrogen and oxygen atoms in total. The lowest BCUT2D eigenvalue weighted by molar-refractivity contribution is -0.156. The number of carboxylic acids is 1. The molecular formula is C13H15Cl2NO5.